The molecule has 0 N–H and O–H groups in total. The zero-order valence-corrected chi connectivity index (χ0v) is 15.8. The van der Waals surface area contributed by atoms with Crippen molar-refractivity contribution in [3.8, 4) is 0 Å². The Kier molecular flexibility index (Phi) is 4.66. The van der Waals surface area contributed by atoms with Crippen LogP contribution in [-0.2, 0) is 9.30 Å². The van der Waals surface area contributed by atoms with Crippen molar-refractivity contribution < 1.29 is 9.30 Å². The fourth-order valence-corrected chi connectivity index (χ4v) is 5.52. The Labute approximate surface area is 158 Å². The number of benzene rings is 3. The highest BCUT2D eigenvalue weighted by Crippen LogP contribution is 2.52. The topological polar surface area (TPSA) is 41.9 Å². The van der Waals surface area contributed by atoms with Crippen LogP contribution in [0.1, 0.15) is 12.5 Å². The molecule has 0 aliphatic carbocycles. The van der Waals surface area contributed by atoms with Crippen LogP contribution in [0, 0.1) is 0 Å². The van der Waals surface area contributed by atoms with Crippen LogP contribution in [0.3, 0.4) is 0 Å². The number of hydrogen-bond acceptors (Lipinski definition) is 3. The molecule has 3 aromatic carbocycles. The van der Waals surface area contributed by atoms with Crippen LogP contribution in [0.4, 0.5) is 0 Å². The Hall–Kier alpha value is -3.10. The zero-order valence-electron chi connectivity index (χ0n) is 14.9. The predicted octanol–water partition coefficient (Wildman–Crippen LogP) is 4.58. The van der Waals surface area contributed by atoms with Crippen LogP contribution in [0.15, 0.2) is 102 Å². The van der Waals surface area contributed by atoms with E-state index in [0.717, 1.165) is 5.56 Å². The Morgan fingerprint density at radius 3 is 1.81 bits per heavy atom. The molecule has 4 nitrogen and oxygen atoms in total. The first-order valence-electron chi connectivity index (χ1n) is 8.69. The lowest BCUT2D eigenvalue weighted by atomic mass is 10.2. The summed E-state index contributed by atoms with van der Waals surface area (Å²) in [5, 5.41) is 5.90. The summed E-state index contributed by atoms with van der Waals surface area (Å²) in [6.45, 7) is 1.76. The summed E-state index contributed by atoms with van der Waals surface area (Å²) in [5.41, 5.74) is 0.954. The lowest BCUT2D eigenvalue weighted by molar-refractivity contribution is 0.356. The maximum atomic E-state index is 14.5. The quantitative estimate of drug-likeness (QED) is 0.628. The minimum absolute atomic E-state index is 0.453. The summed E-state index contributed by atoms with van der Waals surface area (Å²) in [6, 6.07) is 28.7. The lowest BCUT2D eigenvalue weighted by Gasteiger charge is -2.26. The van der Waals surface area contributed by atoms with E-state index < -0.39 is 7.29 Å². The summed E-state index contributed by atoms with van der Waals surface area (Å²) < 4.78 is 21.8. The van der Waals surface area contributed by atoms with E-state index in [1.165, 1.54) is 0 Å². The van der Waals surface area contributed by atoms with E-state index in [4.69, 9.17) is 4.74 Å². The third-order valence-corrected chi connectivity index (χ3v) is 7.07. The molecule has 0 unspecified atom stereocenters. The molecule has 0 fully saturated rings. The van der Waals surface area contributed by atoms with Gasteiger partial charge in [0.15, 0.2) is 0 Å². The van der Waals surface area contributed by atoms with Crippen LogP contribution < -0.4 is 10.6 Å². The first-order chi connectivity index (χ1) is 13.2. The molecule has 5 heteroatoms. The molecule has 1 aliphatic rings. The Balaban J connectivity index is 1.89. The second kappa shape index (κ2) is 7.26. The van der Waals surface area contributed by atoms with E-state index in [9.17, 15) is 4.57 Å². The fourth-order valence-electron chi connectivity index (χ4n) is 3.00. The van der Waals surface area contributed by atoms with Gasteiger partial charge in [-0.15, -0.1) is 5.10 Å². The first-order valence-corrected chi connectivity index (χ1v) is 10.4. The summed E-state index contributed by atoms with van der Waals surface area (Å²) in [6.07, 6.45) is 1.86. The molecule has 1 heterocycles. The maximum absolute atomic E-state index is 14.5. The van der Waals surface area contributed by atoms with Gasteiger partial charge in [0.05, 0.1) is 0 Å². The smallest absolute Gasteiger partial charge is 0.251 e. The van der Waals surface area contributed by atoms with Crippen LogP contribution in [-0.4, -0.2) is 10.7 Å². The van der Waals surface area contributed by atoms with Gasteiger partial charge >= 0.3 is 0 Å². The SMILES string of the molecule is CC1=NN(P(=O)(c2ccccc2)c2ccccc2)/C(=C\c2ccccc2)O1. The third-order valence-electron chi connectivity index (χ3n) is 4.25. The number of hydrazone groups is 1. The van der Waals surface area contributed by atoms with Gasteiger partial charge in [-0.3, -0.25) is 4.57 Å². The molecule has 0 amide bonds. The largest absolute Gasteiger partial charge is 0.423 e. The molecule has 1 aliphatic heterocycles. The van der Waals surface area contributed by atoms with Gasteiger partial charge in [-0.25, -0.2) is 0 Å². The Bertz CT molecular complexity index is 988. The van der Waals surface area contributed by atoms with E-state index in [2.05, 4.69) is 5.10 Å². The zero-order chi connectivity index (χ0) is 18.7. The van der Waals surface area contributed by atoms with E-state index in [1.54, 1.807) is 11.7 Å². The number of hydrogen-bond donors (Lipinski definition) is 0. The highest BCUT2D eigenvalue weighted by molar-refractivity contribution is 7.76. The fraction of sp³-hybridized carbons (Fsp3) is 0.0455. The molecule has 0 saturated heterocycles. The van der Waals surface area contributed by atoms with Crippen molar-refractivity contribution in [2.45, 2.75) is 6.92 Å². The molecular formula is C22H19N2O2P. The maximum Gasteiger partial charge on any atom is 0.251 e. The van der Waals surface area contributed by atoms with Gasteiger partial charge in [0.1, 0.15) is 0 Å². The molecule has 0 aromatic heterocycles. The molecule has 134 valence electrons. The third kappa shape index (κ3) is 3.32. The summed E-state index contributed by atoms with van der Waals surface area (Å²) in [5.74, 6) is 0.916. The normalized spacial score (nSPS) is 15.5. The lowest BCUT2D eigenvalue weighted by Crippen LogP contribution is -2.27. The molecular weight excluding hydrogens is 355 g/mol. The Morgan fingerprint density at radius 1 is 0.815 bits per heavy atom. The number of rotatable bonds is 4. The summed E-state index contributed by atoms with van der Waals surface area (Å²) >= 11 is 0. The van der Waals surface area contributed by atoms with E-state index >= 15 is 0 Å². The average molecular weight is 374 g/mol. The monoisotopic (exact) mass is 374 g/mol. The summed E-state index contributed by atoms with van der Waals surface area (Å²) in [7, 11) is -3.25. The second-order valence-electron chi connectivity index (χ2n) is 6.15. The van der Waals surface area contributed by atoms with Gasteiger partial charge in [0.25, 0.3) is 7.29 Å². The average Bonchev–Trinajstić information content (AvgIpc) is 3.10. The minimum atomic E-state index is -3.25. The van der Waals surface area contributed by atoms with Gasteiger partial charge in [-0.05, 0) is 29.8 Å². The van der Waals surface area contributed by atoms with Gasteiger partial charge < -0.3 is 4.74 Å². The summed E-state index contributed by atoms with van der Waals surface area (Å²) in [4.78, 5) is 0. The predicted molar refractivity (Wildman–Crippen MR) is 110 cm³/mol. The molecule has 3 aromatic rings. The first kappa shape index (κ1) is 17.3. The molecule has 0 atom stereocenters. The van der Waals surface area contributed by atoms with Crippen molar-refractivity contribution in [2.75, 3.05) is 0 Å². The molecule has 4 rings (SSSR count). The van der Waals surface area contributed by atoms with E-state index in [1.807, 2.05) is 97.1 Å². The van der Waals surface area contributed by atoms with Gasteiger partial charge in [-0.2, -0.15) is 4.78 Å². The Morgan fingerprint density at radius 2 is 1.30 bits per heavy atom. The van der Waals surface area contributed by atoms with E-state index in [0.29, 0.717) is 22.4 Å². The highest BCUT2D eigenvalue weighted by Gasteiger charge is 2.40. The van der Waals surface area contributed by atoms with Gasteiger partial charge in [0.2, 0.25) is 11.8 Å². The van der Waals surface area contributed by atoms with Crippen LogP contribution in [0.2, 0.25) is 0 Å². The van der Waals surface area contributed by atoms with E-state index in [-0.39, 0.29) is 0 Å². The highest BCUT2D eigenvalue weighted by atomic mass is 31.2. The standard InChI is InChI=1S/C22H19N2O2P/c1-18-23-24(22(26-18)17-19-11-5-2-6-12-19)27(25,20-13-7-3-8-14-20)21-15-9-4-10-16-21/h2-17H,1H3/b22-17+. The van der Waals surface area contributed by atoms with Gasteiger partial charge in [-0.1, -0.05) is 66.7 Å². The van der Waals surface area contributed by atoms with Crippen molar-refractivity contribution in [1.82, 2.24) is 4.78 Å². The van der Waals surface area contributed by atoms with Gasteiger partial charge in [0, 0.05) is 23.6 Å². The van der Waals surface area contributed by atoms with Crippen LogP contribution in [0.5, 0.6) is 0 Å². The second-order valence-corrected chi connectivity index (χ2v) is 8.71. The van der Waals surface area contributed by atoms with Crippen molar-refractivity contribution in [2.24, 2.45) is 5.10 Å². The van der Waals surface area contributed by atoms with Crippen molar-refractivity contribution >= 4 is 29.9 Å². The van der Waals surface area contributed by atoms with Crippen molar-refractivity contribution in [1.29, 1.82) is 0 Å². The van der Waals surface area contributed by atoms with Crippen LogP contribution >= 0.6 is 7.29 Å². The molecule has 0 spiro atoms. The molecule has 0 saturated carbocycles. The van der Waals surface area contributed by atoms with Crippen molar-refractivity contribution in [3.05, 3.63) is 102 Å². The minimum Gasteiger partial charge on any atom is -0.423 e. The molecule has 27 heavy (non-hydrogen) atoms. The van der Waals surface area contributed by atoms with Crippen molar-refractivity contribution in [3.63, 3.8) is 0 Å². The number of nitrogens with zero attached hydrogens (tertiary/aromatic N) is 2. The van der Waals surface area contributed by atoms with Crippen LogP contribution in [0.25, 0.3) is 6.08 Å². The molecule has 0 radical (unpaired) electrons. The number of ether oxygens (including phenoxy) is 1. The molecule has 0 bridgehead atoms.